The molecule has 1 aromatic heterocycles. The molecule has 0 radical (unpaired) electrons. The molecule has 35 heavy (non-hydrogen) atoms. The molecule has 0 aliphatic carbocycles. The highest BCUT2D eigenvalue weighted by atomic mass is 32.2. The van der Waals surface area contributed by atoms with Crippen LogP contribution in [0.3, 0.4) is 0 Å². The number of aromatic nitrogens is 1. The second-order valence-corrected chi connectivity index (χ2v) is 14.2. The summed E-state index contributed by atoms with van der Waals surface area (Å²) in [5.41, 5.74) is 3.21. The van der Waals surface area contributed by atoms with Gasteiger partial charge in [-0.25, -0.2) is 8.42 Å². The van der Waals surface area contributed by atoms with Gasteiger partial charge in [-0.2, -0.15) is 0 Å². The summed E-state index contributed by atoms with van der Waals surface area (Å²) in [6, 6.07) is 10.00. The molecule has 0 atom stereocenters. The van der Waals surface area contributed by atoms with Gasteiger partial charge in [0, 0.05) is 42.4 Å². The van der Waals surface area contributed by atoms with Crippen LogP contribution in [0.4, 0.5) is 0 Å². The van der Waals surface area contributed by atoms with Gasteiger partial charge < -0.3 is 9.84 Å². The van der Waals surface area contributed by atoms with Crippen LogP contribution in [0.2, 0.25) is 0 Å². The van der Waals surface area contributed by atoms with Crippen molar-refractivity contribution in [3.8, 4) is 17.0 Å². The first-order valence-corrected chi connectivity index (χ1v) is 14.5. The number of aliphatic hydroxyl groups excluding tert-OH is 1. The Hall–Kier alpha value is -1.96. The smallest absolute Gasteiger partial charge is 0.155 e. The van der Waals surface area contributed by atoms with Crippen molar-refractivity contribution in [2.24, 2.45) is 5.41 Å². The average Bonchev–Trinajstić information content (AvgIpc) is 2.78. The highest BCUT2D eigenvalue weighted by molar-refractivity contribution is 7.90. The number of pyridine rings is 1. The predicted octanol–water partition coefficient (Wildman–Crippen LogP) is 4.64. The van der Waals surface area contributed by atoms with E-state index in [0.29, 0.717) is 5.56 Å². The van der Waals surface area contributed by atoms with Gasteiger partial charge >= 0.3 is 0 Å². The lowest BCUT2D eigenvalue weighted by molar-refractivity contribution is -0.0355. The third-order valence-electron chi connectivity index (χ3n) is 7.41. The Morgan fingerprint density at radius 1 is 1.06 bits per heavy atom. The summed E-state index contributed by atoms with van der Waals surface area (Å²) in [6.07, 6.45) is 5.80. The number of fused-ring (bicyclic) bond motifs is 1. The number of rotatable bonds is 6. The number of hydrogen-bond acceptors (Lipinski definition) is 6. The predicted molar refractivity (Wildman–Crippen MR) is 140 cm³/mol. The Morgan fingerprint density at radius 2 is 1.77 bits per heavy atom. The van der Waals surface area contributed by atoms with Crippen molar-refractivity contribution >= 4 is 9.84 Å². The van der Waals surface area contributed by atoms with Crippen LogP contribution >= 0.6 is 0 Å². The summed E-state index contributed by atoms with van der Waals surface area (Å²) in [5, 5.41) is 9.39. The monoisotopic (exact) mass is 500 g/mol. The lowest BCUT2D eigenvalue weighted by Crippen LogP contribution is -2.54. The molecule has 0 saturated carbocycles. The maximum atomic E-state index is 12.5. The summed E-state index contributed by atoms with van der Waals surface area (Å²) < 4.78 is 31.7. The zero-order valence-corrected chi connectivity index (χ0v) is 22.6. The van der Waals surface area contributed by atoms with Crippen molar-refractivity contribution in [3.63, 3.8) is 0 Å². The quantitative estimate of drug-likeness (QED) is 0.623. The minimum Gasteiger partial charge on any atom is -0.487 e. The van der Waals surface area contributed by atoms with Crippen molar-refractivity contribution in [1.29, 1.82) is 0 Å². The first-order valence-electron chi connectivity index (χ1n) is 12.6. The third kappa shape index (κ3) is 6.25. The highest BCUT2D eigenvalue weighted by Gasteiger charge is 2.41. The molecule has 2 aliphatic heterocycles. The molecule has 0 bridgehead atoms. The number of aliphatic hydroxyl groups is 1. The Morgan fingerprint density at radius 3 is 2.37 bits per heavy atom. The van der Waals surface area contributed by atoms with Crippen LogP contribution in [0.1, 0.15) is 65.0 Å². The summed E-state index contributed by atoms with van der Waals surface area (Å²) in [7, 11) is -3.34. The van der Waals surface area contributed by atoms with E-state index in [2.05, 4.69) is 42.8 Å². The first kappa shape index (κ1) is 26.1. The van der Waals surface area contributed by atoms with Crippen LogP contribution in [0.25, 0.3) is 11.3 Å². The summed E-state index contributed by atoms with van der Waals surface area (Å²) in [4.78, 5) is 7.10. The number of nitrogens with zero attached hydrogens (tertiary/aromatic N) is 2. The Balaban J connectivity index is 1.42. The van der Waals surface area contributed by atoms with Gasteiger partial charge in [0.15, 0.2) is 9.84 Å². The Bertz CT molecular complexity index is 1140. The van der Waals surface area contributed by atoms with Gasteiger partial charge in [0.05, 0.1) is 17.2 Å². The van der Waals surface area contributed by atoms with E-state index < -0.39 is 15.3 Å². The SMILES string of the molecule is CC(C)(CO)CS(=O)(=O)Cc1ccc(-c2ccc3c(c2)CCC2(CCN(C(C)(C)C)CC2)O3)nc1. The molecule has 1 saturated heterocycles. The van der Waals surface area contributed by atoms with Gasteiger partial charge in [0.1, 0.15) is 11.4 Å². The molecule has 2 aromatic rings. The zero-order chi connectivity index (χ0) is 25.5. The van der Waals surface area contributed by atoms with Crippen molar-refractivity contribution in [2.75, 3.05) is 25.4 Å². The van der Waals surface area contributed by atoms with Crippen molar-refractivity contribution in [2.45, 2.75) is 77.2 Å². The second-order valence-electron chi connectivity index (χ2n) is 12.2. The van der Waals surface area contributed by atoms with E-state index in [4.69, 9.17) is 4.74 Å². The molecule has 0 unspecified atom stereocenters. The van der Waals surface area contributed by atoms with Crippen molar-refractivity contribution < 1.29 is 18.3 Å². The van der Waals surface area contributed by atoms with Gasteiger partial charge in [0.25, 0.3) is 0 Å². The number of ether oxygens (including phenoxy) is 1. The fraction of sp³-hybridized carbons (Fsp3) is 0.607. The molecule has 6 nitrogen and oxygen atoms in total. The van der Waals surface area contributed by atoms with E-state index in [1.807, 2.05) is 18.2 Å². The van der Waals surface area contributed by atoms with E-state index in [9.17, 15) is 13.5 Å². The van der Waals surface area contributed by atoms with Crippen LogP contribution in [0.5, 0.6) is 5.75 Å². The molecule has 7 heteroatoms. The van der Waals surface area contributed by atoms with Crippen LogP contribution in [0.15, 0.2) is 36.5 Å². The zero-order valence-electron chi connectivity index (χ0n) is 21.8. The summed E-state index contributed by atoms with van der Waals surface area (Å²) in [5.74, 6) is 0.855. The molecule has 1 fully saturated rings. The maximum Gasteiger partial charge on any atom is 0.155 e. The van der Waals surface area contributed by atoms with Gasteiger partial charge in [-0.05, 0) is 81.8 Å². The third-order valence-corrected chi connectivity index (χ3v) is 9.40. The molecule has 1 aromatic carbocycles. The number of benzene rings is 1. The van der Waals surface area contributed by atoms with Gasteiger partial charge in [0.2, 0.25) is 0 Å². The van der Waals surface area contributed by atoms with Crippen LogP contribution < -0.4 is 4.74 Å². The largest absolute Gasteiger partial charge is 0.487 e. The molecule has 192 valence electrons. The van der Waals surface area contributed by atoms with E-state index >= 15 is 0 Å². The molecule has 2 aliphatic rings. The van der Waals surface area contributed by atoms with Gasteiger partial charge in [-0.1, -0.05) is 19.9 Å². The maximum absolute atomic E-state index is 12.5. The molecule has 1 spiro atoms. The number of piperidine rings is 1. The number of aryl methyl sites for hydroxylation is 1. The van der Waals surface area contributed by atoms with Crippen molar-refractivity contribution in [1.82, 2.24) is 9.88 Å². The fourth-order valence-electron chi connectivity index (χ4n) is 5.24. The minimum absolute atomic E-state index is 0.0494. The second kappa shape index (κ2) is 9.49. The average molecular weight is 501 g/mol. The molecule has 4 rings (SSSR count). The van der Waals surface area contributed by atoms with Gasteiger partial charge in [-0.15, -0.1) is 0 Å². The number of likely N-dealkylation sites (tertiary alicyclic amines) is 1. The molecule has 1 N–H and O–H groups in total. The first-order chi connectivity index (χ1) is 16.3. The van der Waals surface area contributed by atoms with E-state index in [-0.39, 0.29) is 29.3 Å². The Labute approximate surface area is 210 Å². The van der Waals surface area contributed by atoms with E-state index in [1.54, 1.807) is 20.0 Å². The number of hydrogen-bond donors (Lipinski definition) is 1. The highest BCUT2D eigenvalue weighted by Crippen LogP contribution is 2.41. The van der Waals surface area contributed by atoms with Crippen molar-refractivity contribution in [3.05, 3.63) is 47.7 Å². The van der Waals surface area contributed by atoms with Crippen LogP contribution in [0, 0.1) is 5.41 Å². The van der Waals surface area contributed by atoms with Crippen LogP contribution in [-0.2, 0) is 22.0 Å². The molecule has 0 amide bonds. The lowest BCUT2D eigenvalue weighted by atomic mass is 9.81. The summed E-state index contributed by atoms with van der Waals surface area (Å²) >= 11 is 0. The fourth-order valence-corrected chi connectivity index (χ4v) is 7.31. The van der Waals surface area contributed by atoms with Crippen LogP contribution in [-0.4, -0.2) is 60.0 Å². The minimum atomic E-state index is -3.34. The van der Waals surface area contributed by atoms with Gasteiger partial charge in [-0.3, -0.25) is 9.88 Å². The normalized spacial score (nSPS) is 18.8. The number of sulfone groups is 1. The standard InChI is InChI=1S/C28H40N2O4S/c1-26(2,3)30-14-12-28(13-15-30)11-10-23-16-22(7-9-25(23)34-28)24-8-6-21(17-29-24)18-35(32,33)20-27(4,5)19-31/h6-9,16-17,31H,10-15,18-20H2,1-5H3. The lowest BCUT2D eigenvalue weighted by Gasteiger charge is -2.48. The molecular weight excluding hydrogens is 460 g/mol. The van der Waals surface area contributed by atoms with E-state index in [1.165, 1.54) is 5.56 Å². The topological polar surface area (TPSA) is 79.7 Å². The summed E-state index contributed by atoms with van der Waals surface area (Å²) in [6.45, 7) is 12.3. The molecule has 3 heterocycles. The van der Waals surface area contributed by atoms with E-state index in [0.717, 1.165) is 55.8 Å². The Kier molecular flexibility index (Phi) is 7.08. The molecular formula is C28H40N2O4S.